The first-order chi connectivity index (χ1) is 25.0. The zero-order valence-electron chi connectivity index (χ0n) is 27.6. The fourth-order valence-electron chi connectivity index (χ4n) is 6.80. The maximum atomic E-state index is 13.7. The van der Waals surface area contributed by atoms with E-state index >= 15 is 0 Å². The van der Waals surface area contributed by atoms with Crippen LogP contribution in [0.1, 0.15) is 45.8 Å². The number of carbonyl (C=O) groups is 1. The third-order valence-electron chi connectivity index (χ3n) is 9.33. The number of carbonyl (C=O) groups excluding carboxylic acids is 1. The first-order valence-electron chi connectivity index (χ1n) is 16.7. The molecule has 14 heteroatoms. The second-order valence-corrected chi connectivity index (χ2v) is 12.5. The van der Waals surface area contributed by atoms with Gasteiger partial charge in [0.15, 0.2) is 23.6 Å². The van der Waals surface area contributed by atoms with E-state index < -0.39 is 6.29 Å². The predicted octanol–water partition coefficient (Wildman–Crippen LogP) is 5.19. The van der Waals surface area contributed by atoms with Gasteiger partial charge in [-0.05, 0) is 84.6 Å². The molecule has 1 fully saturated rings. The molecule has 1 atom stereocenters. The molecule has 2 aromatic carbocycles. The van der Waals surface area contributed by atoms with Crippen molar-refractivity contribution in [2.24, 2.45) is 7.05 Å². The number of aryl methyl sites for hydroxylation is 2. The van der Waals surface area contributed by atoms with Gasteiger partial charge in [-0.3, -0.25) is 9.36 Å². The van der Waals surface area contributed by atoms with Crippen molar-refractivity contribution in [3.8, 4) is 22.9 Å². The van der Waals surface area contributed by atoms with Crippen LogP contribution < -0.4 is 16.4 Å². The number of rotatable bonds is 8. The SMILES string of the molecule is Cn1ccnc1Nc1ccc(C(=O)N[C@H]2CCc3cc(-n4c(-c5cccnc5N)nc5ccc(-n6cccn6)nc54)ccc32)cc1C1OCCO1. The topological polar surface area (TPSA) is 165 Å². The standard InChI is InChI=1S/C37H33N11O3/c1-46-17-15-40-37(46)44-29-10-6-23(21-27(29)36-50-18-19-51-36)35(49)43-28-9-5-22-20-24(7-8-25(22)28)48-33(26-4-2-13-39-32(26)38)42-30-11-12-31(45-34(30)48)47-16-3-14-41-47/h2-4,6-8,10-17,20-21,28,36H,5,9,18-19H2,1H3,(H2,38,39)(H,40,44)(H,43,49)/t28-/m0/s1. The van der Waals surface area contributed by atoms with E-state index in [1.54, 1.807) is 29.3 Å². The number of anilines is 3. The molecule has 254 valence electrons. The zero-order valence-corrected chi connectivity index (χ0v) is 27.6. The van der Waals surface area contributed by atoms with Gasteiger partial charge in [0.05, 0.1) is 24.8 Å². The molecule has 1 saturated heterocycles. The van der Waals surface area contributed by atoms with Crippen LogP contribution in [0.5, 0.6) is 0 Å². The molecule has 0 bridgehead atoms. The highest BCUT2D eigenvalue weighted by Crippen LogP contribution is 2.37. The second-order valence-electron chi connectivity index (χ2n) is 12.5. The smallest absolute Gasteiger partial charge is 0.251 e. The van der Waals surface area contributed by atoms with E-state index in [4.69, 9.17) is 25.2 Å². The largest absolute Gasteiger partial charge is 0.383 e. The molecule has 0 spiro atoms. The zero-order chi connectivity index (χ0) is 34.5. The first-order valence-corrected chi connectivity index (χ1v) is 16.7. The summed E-state index contributed by atoms with van der Waals surface area (Å²) in [6, 6.07) is 21.0. The lowest BCUT2D eigenvalue weighted by atomic mass is 10.0. The Hall–Kier alpha value is -6.38. The molecule has 4 N–H and O–H groups in total. The molecule has 5 aromatic heterocycles. The number of amides is 1. The summed E-state index contributed by atoms with van der Waals surface area (Å²) in [6.45, 7) is 0.967. The Bertz CT molecular complexity index is 2410. The first kappa shape index (κ1) is 30.7. The van der Waals surface area contributed by atoms with Crippen molar-refractivity contribution in [2.45, 2.75) is 25.2 Å². The van der Waals surface area contributed by atoms with E-state index in [0.717, 1.165) is 40.9 Å². The summed E-state index contributed by atoms with van der Waals surface area (Å²) in [5, 5.41) is 11.0. The minimum absolute atomic E-state index is 0.160. The number of ether oxygens (including phenoxy) is 2. The number of nitrogen functional groups attached to an aromatic ring is 1. The summed E-state index contributed by atoms with van der Waals surface area (Å²) < 4.78 is 17.3. The van der Waals surface area contributed by atoms with Gasteiger partial charge >= 0.3 is 0 Å². The Balaban J connectivity index is 1.03. The third-order valence-corrected chi connectivity index (χ3v) is 9.33. The molecule has 14 nitrogen and oxygen atoms in total. The molecule has 1 amide bonds. The third kappa shape index (κ3) is 5.56. The number of hydrogen-bond donors (Lipinski definition) is 3. The van der Waals surface area contributed by atoms with Crippen LogP contribution in [-0.4, -0.2) is 58.0 Å². The van der Waals surface area contributed by atoms with Crippen LogP contribution >= 0.6 is 0 Å². The van der Waals surface area contributed by atoms with Gasteiger partial charge in [-0.15, -0.1) is 0 Å². The van der Waals surface area contributed by atoms with Crippen molar-refractivity contribution in [2.75, 3.05) is 24.3 Å². The van der Waals surface area contributed by atoms with Gasteiger partial charge in [-0.25, -0.2) is 24.6 Å². The summed E-state index contributed by atoms with van der Waals surface area (Å²) in [5.41, 5.74) is 13.5. The van der Waals surface area contributed by atoms with Crippen molar-refractivity contribution in [1.82, 2.24) is 44.2 Å². The number of hydrogen-bond acceptors (Lipinski definition) is 10. The molecular formula is C37H33N11O3. The number of aromatic nitrogens is 8. The number of imidazole rings is 2. The molecule has 1 aliphatic heterocycles. The molecule has 0 saturated carbocycles. The molecule has 0 radical (unpaired) electrons. The normalized spacial score (nSPS) is 15.7. The van der Waals surface area contributed by atoms with Crippen molar-refractivity contribution in [3.05, 3.63) is 120 Å². The number of benzene rings is 2. The number of fused-ring (bicyclic) bond motifs is 2. The van der Waals surface area contributed by atoms with Crippen LogP contribution in [-0.2, 0) is 22.9 Å². The lowest BCUT2D eigenvalue weighted by Gasteiger charge is -2.19. The highest BCUT2D eigenvalue weighted by Gasteiger charge is 2.28. The molecule has 6 heterocycles. The maximum Gasteiger partial charge on any atom is 0.251 e. The van der Waals surface area contributed by atoms with Gasteiger partial charge in [-0.1, -0.05) is 6.07 Å². The van der Waals surface area contributed by atoms with Crippen molar-refractivity contribution < 1.29 is 14.3 Å². The van der Waals surface area contributed by atoms with Crippen LogP contribution in [0.3, 0.4) is 0 Å². The Kier molecular flexibility index (Phi) is 7.51. The fourth-order valence-corrected chi connectivity index (χ4v) is 6.80. The number of nitrogens with one attached hydrogen (secondary N) is 2. The molecule has 51 heavy (non-hydrogen) atoms. The maximum absolute atomic E-state index is 13.7. The minimum atomic E-state index is -0.581. The van der Waals surface area contributed by atoms with Gasteiger partial charge in [0.25, 0.3) is 5.91 Å². The highest BCUT2D eigenvalue weighted by molar-refractivity contribution is 5.95. The van der Waals surface area contributed by atoms with Crippen molar-refractivity contribution in [1.29, 1.82) is 0 Å². The molecule has 2 aliphatic rings. The Labute approximate surface area is 291 Å². The van der Waals surface area contributed by atoms with Gasteiger partial charge in [0.2, 0.25) is 5.95 Å². The van der Waals surface area contributed by atoms with Crippen LogP contribution in [0.15, 0.2) is 97.7 Å². The van der Waals surface area contributed by atoms with Crippen LogP contribution in [0.4, 0.5) is 17.5 Å². The Morgan fingerprint density at radius 1 is 0.922 bits per heavy atom. The van der Waals surface area contributed by atoms with Crippen LogP contribution in [0, 0.1) is 0 Å². The van der Waals surface area contributed by atoms with Gasteiger partial charge in [0.1, 0.15) is 11.3 Å². The van der Waals surface area contributed by atoms with Crippen LogP contribution in [0.25, 0.3) is 34.1 Å². The number of nitrogens with two attached hydrogens (primary N) is 1. The summed E-state index contributed by atoms with van der Waals surface area (Å²) in [4.78, 5) is 32.4. The van der Waals surface area contributed by atoms with Gasteiger partial charge < -0.3 is 30.4 Å². The lowest BCUT2D eigenvalue weighted by Crippen LogP contribution is -2.27. The Morgan fingerprint density at radius 2 is 1.82 bits per heavy atom. The van der Waals surface area contributed by atoms with Crippen molar-refractivity contribution >= 4 is 34.5 Å². The number of nitrogens with zero attached hydrogens (tertiary/aromatic N) is 8. The molecule has 7 aromatic rings. The van der Waals surface area contributed by atoms with Crippen molar-refractivity contribution in [3.63, 3.8) is 0 Å². The predicted molar refractivity (Wildman–Crippen MR) is 190 cm³/mol. The average Bonchev–Trinajstić information content (AvgIpc) is 4.00. The number of pyridine rings is 2. The summed E-state index contributed by atoms with van der Waals surface area (Å²) in [5.74, 6) is 2.17. The molecule has 0 unspecified atom stereocenters. The average molecular weight is 680 g/mol. The van der Waals surface area contributed by atoms with Crippen LogP contribution in [0.2, 0.25) is 0 Å². The molecular weight excluding hydrogens is 646 g/mol. The minimum Gasteiger partial charge on any atom is -0.383 e. The van der Waals surface area contributed by atoms with Gasteiger partial charge in [0, 0.05) is 60.5 Å². The molecule has 1 aliphatic carbocycles. The Morgan fingerprint density at radius 3 is 2.63 bits per heavy atom. The van der Waals surface area contributed by atoms with E-state index in [0.29, 0.717) is 58.9 Å². The van der Waals surface area contributed by atoms with E-state index in [-0.39, 0.29) is 11.9 Å². The summed E-state index contributed by atoms with van der Waals surface area (Å²) in [6.07, 6.45) is 9.78. The quantitative estimate of drug-likeness (QED) is 0.195. The second kappa shape index (κ2) is 12.5. The summed E-state index contributed by atoms with van der Waals surface area (Å²) in [7, 11) is 1.91. The van der Waals surface area contributed by atoms with Gasteiger partial charge in [-0.2, -0.15) is 5.10 Å². The lowest BCUT2D eigenvalue weighted by molar-refractivity contribution is -0.0435. The van der Waals surface area contributed by atoms with E-state index in [2.05, 4.69) is 37.8 Å². The van der Waals surface area contributed by atoms with E-state index in [1.165, 1.54) is 0 Å². The highest BCUT2D eigenvalue weighted by atomic mass is 16.7. The van der Waals surface area contributed by atoms with E-state index in [1.807, 2.05) is 77.1 Å². The molecule has 9 rings (SSSR count). The van der Waals surface area contributed by atoms with E-state index in [9.17, 15) is 4.79 Å². The fraction of sp³-hybridized carbons (Fsp3) is 0.189. The monoisotopic (exact) mass is 679 g/mol. The summed E-state index contributed by atoms with van der Waals surface area (Å²) >= 11 is 0.